The smallest absolute Gasteiger partial charge is 0.341 e. The summed E-state index contributed by atoms with van der Waals surface area (Å²) in [7, 11) is 0. The molecule has 0 radical (unpaired) electrons. The molecule has 4 heteroatoms. The number of hydrogen-bond donors (Lipinski definition) is 1. The summed E-state index contributed by atoms with van der Waals surface area (Å²) in [4.78, 5) is 13.3. The second-order valence-electron chi connectivity index (χ2n) is 5.13. The number of esters is 1. The van der Waals surface area contributed by atoms with Crippen LogP contribution in [0.2, 0.25) is 0 Å². The number of aryl methyl sites for hydroxylation is 1. The van der Waals surface area contributed by atoms with Gasteiger partial charge < -0.3 is 10.5 Å². The fourth-order valence-corrected chi connectivity index (χ4v) is 2.98. The Kier molecular flexibility index (Phi) is 4.45. The first-order valence-electron chi connectivity index (χ1n) is 6.62. The lowest BCUT2D eigenvalue weighted by Crippen LogP contribution is -2.11. The lowest BCUT2D eigenvalue weighted by molar-refractivity contribution is 0.0461. The second-order valence-corrected chi connectivity index (χ2v) is 6.39. The number of rotatable bonds is 4. The molecule has 1 aromatic heterocycles. The van der Waals surface area contributed by atoms with E-state index in [0.717, 1.165) is 16.0 Å². The van der Waals surface area contributed by atoms with Crippen LogP contribution in [0.15, 0.2) is 30.3 Å². The molecule has 0 aliphatic heterocycles. The molecule has 1 heterocycles. The fraction of sp³-hybridized carbons (Fsp3) is 0.312. The maximum Gasteiger partial charge on any atom is 0.341 e. The summed E-state index contributed by atoms with van der Waals surface area (Å²) in [6, 6.07) is 9.81. The van der Waals surface area contributed by atoms with Gasteiger partial charge in [-0.3, -0.25) is 0 Å². The van der Waals surface area contributed by atoms with E-state index < -0.39 is 0 Å². The Morgan fingerprint density at radius 3 is 2.55 bits per heavy atom. The Hall–Kier alpha value is -1.81. The number of hydrogen-bond acceptors (Lipinski definition) is 4. The molecule has 2 rings (SSSR count). The van der Waals surface area contributed by atoms with Crippen LogP contribution in [-0.2, 0) is 4.74 Å². The van der Waals surface area contributed by atoms with E-state index in [2.05, 4.69) is 0 Å². The van der Waals surface area contributed by atoms with Crippen molar-refractivity contribution in [3.8, 4) is 11.1 Å². The number of ether oxygens (including phenoxy) is 1. The SMILES string of the molecule is Cc1sc(N)c(C(=O)OCC(C)C)c1-c1ccccc1. The van der Waals surface area contributed by atoms with Gasteiger partial charge in [0.2, 0.25) is 0 Å². The van der Waals surface area contributed by atoms with Gasteiger partial charge in [0.25, 0.3) is 0 Å². The molecule has 0 saturated carbocycles. The Morgan fingerprint density at radius 2 is 1.95 bits per heavy atom. The largest absolute Gasteiger partial charge is 0.462 e. The Balaban J connectivity index is 2.41. The Morgan fingerprint density at radius 1 is 1.30 bits per heavy atom. The maximum absolute atomic E-state index is 12.3. The Labute approximate surface area is 123 Å². The number of carbonyl (C=O) groups is 1. The van der Waals surface area contributed by atoms with Crippen LogP contribution >= 0.6 is 11.3 Å². The van der Waals surface area contributed by atoms with E-state index in [-0.39, 0.29) is 5.97 Å². The molecule has 0 unspecified atom stereocenters. The van der Waals surface area contributed by atoms with E-state index in [4.69, 9.17) is 10.5 Å². The van der Waals surface area contributed by atoms with E-state index in [0.29, 0.717) is 23.1 Å². The van der Waals surface area contributed by atoms with E-state index in [1.807, 2.05) is 51.1 Å². The van der Waals surface area contributed by atoms with Gasteiger partial charge in [0.15, 0.2) is 0 Å². The zero-order valence-corrected chi connectivity index (χ0v) is 12.8. The van der Waals surface area contributed by atoms with Crippen LogP contribution in [0.3, 0.4) is 0 Å². The molecule has 0 spiro atoms. The van der Waals surface area contributed by atoms with Gasteiger partial charge >= 0.3 is 5.97 Å². The normalized spacial score (nSPS) is 10.8. The van der Waals surface area contributed by atoms with Crippen molar-refractivity contribution in [2.24, 2.45) is 5.92 Å². The fourth-order valence-electron chi connectivity index (χ4n) is 2.04. The summed E-state index contributed by atoms with van der Waals surface area (Å²) in [6.07, 6.45) is 0. The van der Waals surface area contributed by atoms with Crippen LogP contribution < -0.4 is 5.73 Å². The summed E-state index contributed by atoms with van der Waals surface area (Å²) in [5.74, 6) is -0.0283. The van der Waals surface area contributed by atoms with Crippen molar-refractivity contribution in [1.29, 1.82) is 0 Å². The topological polar surface area (TPSA) is 52.3 Å². The molecule has 2 aromatic rings. The molecule has 0 atom stereocenters. The second kappa shape index (κ2) is 6.09. The third kappa shape index (κ3) is 3.02. The number of thiophene rings is 1. The van der Waals surface area contributed by atoms with E-state index in [1.54, 1.807) is 0 Å². The highest BCUT2D eigenvalue weighted by molar-refractivity contribution is 7.16. The summed E-state index contributed by atoms with van der Waals surface area (Å²) in [6.45, 7) is 6.39. The molecule has 106 valence electrons. The molecule has 0 aliphatic rings. The first kappa shape index (κ1) is 14.6. The first-order valence-corrected chi connectivity index (χ1v) is 7.43. The van der Waals surface area contributed by atoms with Crippen LogP contribution in [0.5, 0.6) is 0 Å². The summed E-state index contributed by atoms with van der Waals surface area (Å²) in [5, 5.41) is 0.523. The van der Waals surface area contributed by atoms with Gasteiger partial charge in [0.05, 0.1) is 6.61 Å². The van der Waals surface area contributed by atoms with Crippen LogP contribution in [-0.4, -0.2) is 12.6 Å². The molecular weight excluding hydrogens is 270 g/mol. The predicted octanol–water partition coefficient (Wildman–Crippen LogP) is 4.12. The minimum Gasteiger partial charge on any atom is -0.462 e. The molecule has 0 fully saturated rings. The number of anilines is 1. The lowest BCUT2D eigenvalue weighted by Gasteiger charge is -2.09. The van der Waals surface area contributed by atoms with Gasteiger partial charge in [-0.15, -0.1) is 11.3 Å². The van der Waals surface area contributed by atoms with Gasteiger partial charge in [0, 0.05) is 10.4 Å². The minimum atomic E-state index is -0.334. The van der Waals surface area contributed by atoms with Gasteiger partial charge in [-0.1, -0.05) is 44.2 Å². The maximum atomic E-state index is 12.3. The highest BCUT2D eigenvalue weighted by Gasteiger charge is 2.23. The molecule has 0 saturated heterocycles. The number of nitrogens with two attached hydrogens (primary N) is 1. The van der Waals surface area contributed by atoms with Crippen LogP contribution in [0, 0.1) is 12.8 Å². The minimum absolute atomic E-state index is 0.306. The van der Waals surface area contributed by atoms with Crippen molar-refractivity contribution >= 4 is 22.3 Å². The van der Waals surface area contributed by atoms with E-state index in [1.165, 1.54) is 11.3 Å². The van der Waals surface area contributed by atoms with Crippen LogP contribution in [0.4, 0.5) is 5.00 Å². The zero-order valence-electron chi connectivity index (χ0n) is 12.0. The molecule has 3 nitrogen and oxygen atoms in total. The molecule has 2 N–H and O–H groups in total. The lowest BCUT2D eigenvalue weighted by atomic mass is 10.0. The first-order chi connectivity index (χ1) is 9.50. The van der Waals surface area contributed by atoms with Gasteiger partial charge in [-0.05, 0) is 18.4 Å². The van der Waals surface area contributed by atoms with Crippen molar-refractivity contribution in [2.75, 3.05) is 12.3 Å². The standard InChI is InChI=1S/C16H19NO2S/c1-10(2)9-19-16(18)14-13(11(3)20-15(14)17)12-7-5-4-6-8-12/h4-8,10H,9,17H2,1-3H3. The average molecular weight is 289 g/mol. The van der Waals surface area contributed by atoms with Gasteiger partial charge in [-0.2, -0.15) is 0 Å². The summed E-state index contributed by atoms with van der Waals surface area (Å²) < 4.78 is 5.33. The third-order valence-corrected chi connectivity index (χ3v) is 3.86. The van der Waals surface area contributed by atoms with E-state index in [9.17, 15) is 4.79 Å². The highest BCUT2D eigenvalue weighted by Crippen LogP contribution is 2.38. The van der Waals surface area contributed by atoms with Gasteiger partial charge in [0.1, 0.15) is 10.6 Å². The predicted molar refractivity (Wildman–Crippen MR) is 84.0 cm³/mol. The summed E-state index contributed by atoms with van der Waals surface area (Å²) in [5.41, 5.74) is 8.39. The van der Waals surface area contributed by atoms with Crippen molar-refractivity contribution in [3.63, 3.8) is 0 Å². The van der Waals surface area contributed by atoms with Crippen molar-refractivity contribution in [1.82, 2.24) is 0 Å². The molecule has 0 aliphatic carbocycles. The number of carbonyl (C=O) groups excluding carboxylic acids is 1. The van der Waals surface area contributed by atoms with Crippen molar-refractivity contribution < 1.29 is 9.53 Å². The summed E-state index contributed by atoms with van der Waals surface area (Å²) >= 11 is 1.43. The molecular formula is C16H19NO2S. The molecule has 20 heavy (non-hydrogen) atoms. The third-order valence-electron chi connectivity index (χ3n) is 2.93. The van der Waals surface area contributed by atoms with Crippen LogP contribution in [0.25, 0.3) is 11.1 Å². The van der Waals surface area contributed by atoms with Crippen molar-refractivity contribution in [2.45, 2.75) is 20.8 Å². The quantitative estimate of drug-likeness (QED) is 0.861. The average Bonchev–Trinajstić information content (AvgIpc) is 2.71. The van der Waals surface area contributed by atoms with Crippen molar-refractivity contribution in [3.05, 3.63) is 40.8 Å². The van der Waals surface area contributed by atoms with E-state index >= 15 is 0 Å². The monoisotopic (exact) mass is 289 g/mol. The van der Waals surface area contributed by atoms with Gasteiger partial charge in [-0.25, -0.2) is 4.79 Å². The molecule has 0 bridgehead atoms. The number of nitrogen functional groups attached to an aromatic ring is 1. The Bertz CT molecular complexity index is 602. The zero-order chi connectivity index (χ0) is 14.7. The number of benzene rings is 1. The van der Waals surface area contributed by atoms with Crippen LogP contribution in [0.1, 0.15) is 29.1 Å². The molecule has 1 aromatic carbocycles. The highest BCUT2D eigenvalue weighted by atomic mass is 32.1. The molecule has 0 amide bonds.